The molecule has 0 aliphatic carbocycles. The molecule has 0 aromatic rings. The zero-order chi connectivity index (χ0) is 11.3. The number of amides is 1. The average Bonchev–Trinajstić information content (AvgIpc) is 2.50. The highest BCUT2D eigenvalue weighted by molar-refractivity contribution is 6.24. The SMILES string of the molecule is CCCC1=NNC(=O)/C1=C\C=C\C(C)C. The van der Waals surface area contributed by atoms with Crippen LogP contribution < -0.4 is 5.43 Å². The fourth-order valence-electron chi connectivity index (χ4n) is 1.34. The van der Waals surface area contributed by atoms with Crippen LogP contribution in [0.3, 0.4) is 0 Å². The molecule has 1 aliphatic heterocycles. The molecule has 0 spiro atoms. The van der Waals surface area contributed by atoms with Gasteiger partial charge in [0.1, 0.15) is 0 Å². The highest BCUT2D eigenvalue weighted by atomic mass is 16.2. The van der Waals surface area contributed by atoms with Crippen molar-refractivity contribution in [2.75, 3.05) is 0 Å². The second-order valence-corrected chi connectivity index (χ2v) is 3.96. The molecule has 0 fully saturated rings. The Morgan fingerprint density at radius 2 is 2.20 bits per heavy atom. The van der Waals surface area contributed by atoms with Gasteiger partial charge in [0.15, 0.2) is 0 Å². The Bertz CT molecular complexity index is 325. The topological polar surface area (TPSA) is 41.5 Å². The maximum absolute atomic E-state index is 11.4. The second kappa shape index (κ2) is 5.49. The summed E-state index contributed by atoms with van der Waals surface area (Å²) in [6.07, 6.45) is 7.67. The molecular weight excluding hydrogens is 188 g/mol. The molecule has 1 N–H and O–H groups in total. The number of nitrogens with zero attached hydrogens (tertiary/aromatic N) is 1. The lowest BCUT2D eigenvalue weighted by Gasteiger charge is -1.97. The van der Waals surface area contributed by atoms with Crippen LogP contribution in [0.1, 0.15) is 33.6 Å². The molecule has 0 saturated heterocycles. The minimum absolute atomic E-state index is 0.0909. The van der Waals surface area contributed by atoms with E-state index in [9.17, 15) is 4.79 Å². The van der Waals surface area contributed by atoms with Gasteiger partial charge in [-0.3, -0.25) is 4.79 Å². The quantitative estimate of drug-likeness (QED) is 0.705. The van der Waals surface area contributed by atoms with Gasteiger partial charge < -0.3 is 0 Å². The molecule has 1 heterocycles. The number of hydrazone groups is 1. The van der Waals surface area contributed by atoms with Gasteiger partial charge in [-0.25, -0.2) is 5.43 Å². The largest absolute Gasteiger partial charge is 0.273 e. The molecule has 0 unspecified atom stereocenters. The van der Waals surface area contributed by atoms with Crippen molar-refractivity contribution >= 4 is 11.6 Å². The number of carbonyl (C=O) groups excluding carboxylic acids is 1. The highest BCUT2D eigenvalue weighted by Gasteiger charge is 2.20. The fraction of sp³-hybridized carbons (Fsp3) is 0.500. The predicted molar refractivity (Wildman–Crippen MR) is 62.5 cm³/mol. The molecule has 82 valence electrons. The summed E-state index contributed by atoms with van der Waals surface area (Å²) in [5, 5.41) is 4.00. The van der Waals surface area contributed by atoms with Crippen LogP contribution in [0.5, 0.6) is 0 Å². The van der Waals surface area contributed by atoms with E-state index in [1.54, 1.807) is 0 Å². The van der Waals surface area contributed by atoms with E-state index in [-0.39, 0.29) is 5.91 Å². The van der Waals surface area contributed by atoms with Crippen LogP contribution in [0, 0.1) is 5.92 Å². The Hall–Kier alpha value is -1.38. The third-order valence-electron chi connectivity index (χ3n) is 2.09. The lowest BCUT2D eigenvalue weighted by atomic mass is 10.1. The van der Waals surface area contributed by atoms with Crippen molar-refractivity contribution in [2.24, 2.45) is 11.0 Å². The predicted octanol–water partition coefficient (Wildman–Crippen LogP) is 2.41. The maximum Gasteiger partial charge on any atom is 0.273 e. The molecular formula is C12H18N2O. The van der Waals surface area contributed by atoms with Gasteiger partial charge >= 0.3 is 0 Å². The first-order valence-electron chi connectivity index (χ1n) is 5.41. The van der Waals surface area contributed by atoms with Gasteiger partial charge in [0.2, 0.25) is 0 Å². The van der Waals surface area contributed by atoms with E-state index in [1.807, 2.05) is 12.2 Å². The minimum Gasteiger partial charge on any atom is -0.267 e. The van der Waals surface area contributed by atoms with Gasteiger partial charge in [-0.15, -0.1) is 0 Å². The normalized spacial score (nSPS) is 19.1. The van der Waals surface area contributed by atoms with Gasteiger partial charge in [0, 0.05) is 0 Å². The molecule has 3 heteroatoms. The maximum atomic E-state index is 11.4. The van der Waals surface area contributed by atoms with Crippen molar-refractivity contribution in [3.63, 3.8) is 0 Å². The number of rotatable bonds is 4. The van der Waals surface area contributed by atoms with E-state index in [1.165, 1.54) is 0 Å². The summed E-state index contributed by atoms with van der Waals surface area (Å²) < 4.78 is 0. The molecule has 0 aromatic carbocycles. The number of nitrogens with one attached hydrogen (secondary N) is 1. The van der Waals surface area contributed by atoms with Gasteiger partial charge in [0.05, 0.1) is 11.3 Å². The zero-order valence-corrected chi connectivity index (χ0v) is 9.58. The van der Waals surface area contributed by atoms with Crippen LogP contribution >= 0.6 is 0 Å². The van der Waals surface area contributed by atoms with Crippen LogP contribution in [0.15, 0.2) is 28.9 Å². The van der Waals surface area contributed by atoms with E-state index < -0.39 is 0 Å². The summed E-state index contributed by atoms with van der Waals surface area (Å²) in [6, 6.07) is 0. The first-order chi connectivity index (χ1) is 7.15. The summed E-state index contributed by atoms with van der Waals surface area (Å²) >= 11 is 0. The summed E-state index contributed by atoms with van der Waals surface area (Å²) in [7, 11) is 0. The molecule has 0 bridgehead atoms. The first kappa shape index (κ1) is 11.7. The van der Waals surface area contributed by atoms with Crippen LogP contribution in [0.4, 0.5) is 0 Å². The lowest BCUT2D eigenvalue weighted by Crippen LogP contribution is -2.13. The zero-order valence-electron chi connectivity index (χ0n) is 9.58. The van der Waals surface area contributed by atoms with Gasteiger partial charge in [-0.1, -0.05) is 39.3 Å². The fourth-order valence-corrected chi connectivity index (χ4v) is 1.34. The summed E-state index contributed by atoms with van der Waals surface area (Å²) in [5.74, 6) is 0.407. The van der Waals surface area contributed by atoms with E-state index in [0.29, 0.717) is 11.5 Å². The van der Waals surface area contributed by atoms with E-state index in [2.05, 4.69) is 37.4 Å². The number of hydrogen-bond donors (Lipinski definition) is 1. The van der Waals surface area contributed by atoms with Gasteiger partial charge in [-0.2, -0.15) is 5.10 Å². The Labute approximate surface area is 90.9 Å². The number of allylic oxidation sites excluding steroid dienone is 3. The summed E-state index contributed by atoms with van der Waals surface area (Å²) in [4.78, 5) is 11.4. The Morgan fingerprint density at radius 1 is 1.47 bits per heavy atom. The molecule has 15 heavy (non-hydrogen) atoms. The Balaban J connectivity index is 2.73. The van der Waals surface area contributed by atoms with Gasteiger partial charge in [-0.05, 0) is 18.4 Å². The molecule has 1 rings (SSSR count). The number of carbonyl (C=O) groups is 1. The van der Waals surface area contributed by atoms with Crippen molar-refractivity contribution < 1.29 is 4.79 Å². The molecule has 0 aromatic heterocycles. The van der Waals surface area contributed by atoms with Crippen LogP contribution in [0.2, 0.25) is 0 Å². The third-order valence-corrected chi connectivity index (χ3v) is 2.09. The van der Waals surface area contributed by atoms with Crippen molar-refractivity contribution in [3.8, 4) is 0 Å². The van der Waals surface area contributed by atoms with Crippen LogP contribution in [-0.4, -0.2) is 11.6 Å². The first-order valence-corrected chi connectivity index (χ1v) is 5.41. The van der Waals surface area contributed by atoms with Gasteiger partial charge in [0.25, 0.3) is 5.91 Å². The standard InChI is InChI=1S/C12H18N2O/c1-4-6-11-10(12(15)14-13-11)8-5-7-9(2)3/h5,7-9H,4,6H2,1-3H3,(H,14,15)/b7-5+,10-8-. The summed E-state index contributed by atoms with van der Waals surface area (Å²) in [6.45, 7) is 6.28. The number of hydrogen-bond acceptors (Lipinski definition) is 2. The highest BCUT2D eigenvalue weighted by Crippen LogP contribution is 2.11. The van der Waals surface area contributed by atoms with E-state index >= 15 is 0 Å². The summed E-state index contributed by atoms with van der Waals surface area (Å²) in [5.41, 5.74) is 4.06. The van der Waals surface area contributed by atoms with Crippen LogP contribution in [-0.2, 0) is 4.79 Å². The van der Waals surface area contributed by atoms with Crippen LogP contribution in [0.25, 0.3) is 0 Å². The van der Waals surface area contributed by atoms with E-state index in [0.717, 1.165) is 18.6 Å². The molecule has 1 amide bonds. The average molecular weight is 206 g/mol. The second-order valence-electron chi connectivity index (χ2n) is 3.96. The minimum atomic E-state index is -0.0909. The van der Waals surface area contributed by atoms with Crippen molar-refractivity contribution in [3.05, 3.63) is 23.8 Å². The molecule has 3 nitrogen and oxygen atoms in total. The molecule has 0 saturated carbocycles. The Kier molecular flexibility index (Phi) is 4.28. The Morgan fingerprint density at radius 3 is 2.80 bits per heavy atom. The van der Waals surface area contributed by atoms with E-state index in [4.69, 9.17) is 0 Å². The van der Waals surface area contributed by atoms with Crippen molar-refractivity contribution in [1.29, 1.82) is 0 Å². The van der Waals surface area contributed by atoms with Crippen molar-refractivity contribution in [1.82, 2.24) is 5.43 Å². The lowest BCUT2D eigenvalue weighted by molar-refractivity contribution is -0.116. The van der Waals surface area contributed by atoms with Crippen molar-refractivity contribution in [2.45, 2.75) is 33.6 Å². The molecule has 0 radical (unpaired) electrons. The molecule has 1 aliphatic rings. The third kappa shape index (κ3) is 3.35. The smallest absolute Gasteiger partial charge is 0.267 e. The molecule has 0 atom stereocenters. The monoisotopic (exact) mass is 206 g/mol.